The van der Waals surface area contributed by atoms with Crippen molar-refractivity contribution >= 4 is 5.78 Å². The summed E-state index contributed by atoms with van der Waals surface area (Å²) < 4.78 is 5.68. The fourth-order valence-electron chi connectivity index (χ4n) is 1.89. The molecular weight excluding hydrogens is 250 g/mol. The number of benzene rings is 1. The third-order valence-electron chi connectivity index (χ3n) is 3.04. The monoisotopic (exact) mass is 269 g/mol. The highest BCUT2D eigenvalue weighted by Crippen LogP contribution is 2.13. The molecule has 0 amide bonds. The van der Waals surface area contributed by atoms with Gasteiger partial charge in [0.05, 0.1) is 6.61 Å². The maximum Gasteiger partial charge on any atom is 0.130 e. The van der Waals surface area contributed by atoms with E-state index in [9.17, 15) is 4.79 Å². The van der Waals surface area contributed by atoms with Crippen molar-refractivity contribution in [1.29, 1.82) is 0 Å². The second-order valence-corrected chi connectivity index (χ2v) is 4.77. The summed E-state index contributed by atoms with van der Waals surface area (Å²) in [6.45, 7) is 2.24. The number of aromatic nitrogens is 1. The quantitative estimate of drug-likeness (QED) is 0.774. The molecule has 0 saturated carbocycles. The fraction of sp³-hybridized carbons (Fsp3) is 0.294. The van der Waals surface area contributed by atoms with E-state index in [-0.39, 0.29) is 5.78 Å². The van der Waals surface area contributed by atoms with Gasteiger partial charge in [0.25, 0.3) is 0 Å². The van der Waals surface area contributed by atoms with Gasteiger partial charge in [-0.25, -0.2) is 0 Å². The highest BCUT2D eigenvalue weighted by atomic mass is 16.5. The zero-order chi connectivity index (χ0) is 14.2. The Balaban J connectivity index is 1.77. The molecule has 0 aliphatic carbocycles. The van der Waals surface area contributed by atoms with Gasteiger partial charge in [-0.1, -0.05) is 18.2 Å². The Morgan fingerprint density at radius 1 is 1.10 bits per heavy atom. The lowest BCUT2D eigenvalue weighted by Gasteiger charge is -2.07. The average Bonchev–Trinajstić information content (AvgIpc) is 2.47. The number of aryl methyl sites for hydroxylation is 1. The van der Waals surface area contributed by atoms with E-state index in [1.54, 1.807) is 13.1 Å². The maximum atomic E-state index is 10.9. The van der Waals surface area contributed by atoms with Gasteiger partial charge in [0.1, 0.15) is 11.5 Å². The second kappa shape index (κ2) is 7.43. The largest absolute Gasteiger partial charge is 0.493 e. The number of carbonyl (C=O) groups is 1. The lowest BCUT2D eigenvalue weighted by Crippen LogP contribution is -2.02. The Morgan fingerprint density at radius 3 is 2.55 bits per heavy atom. The molecule has 1 heterocycles. The number of ether oxygens (including phenoxy) is 1. The van der Waals surface area contributed by atoms with E-state index in [4.69, 9.17) is 4.74 Å². The minimum absolute atomic E-state index is 0.223. The van der Waals surface area contributed by atoms with Gasteiger partial charge in [0.2, 0.25) is 0 Å². The van der Waals surface area contributed by atoms with E-state index in [1.165, 1.54) is 0 Å². The van der Waals surface area contributed by atoms with Gasteiger partial charge >= 0.3 is 0 Å². The molecule has 20 heavy (non-hydrogen) atoms. The molecule has 0 aliphatic rings. The SMILES string of the molecule is CC(=O)CCc1ccc(OCCc2ccccn2)cc1. The zero-order valence-corrected chi connectivity index (χ0v) is 11.7. The normalized spacial score (nSPS) is 10.2. The van der Waals surface area contributed by atoms with Crippen LogP contribution in [0.2, 0.25) is 0 Å². The summed E-state index contributed by atoms with van der Waals surface area (Å²) in [5.41, 5.74) is 2.20. The van der Waals surface area contributed by atoms with Crippen LogP contribution in [0.1, 0.15) is 24.6 Å². The summed E-state index contributed by atoms with van der Waals surface area (Å²) >= 11 is 0. The van der Waals surface area contributed by atoms with Crippen LogP contribution < -0.4 is 4.74 Å². The Morgan fingerprint density at radius 2 is 1.90 bits per heavy atom. The van der Waals surface area contributed by atoms with Crippen molar-refractivity contribution in [2.75, 3.05) is 6.61 Å². The molecule has 3 nitrogen and oxygen atoms in total. The molecule has 1 aromatic carbocycles. The van der Waals surface area contributed by atoms with Gasteiger partial charge in [-0.2, -0.15) is 0 Å². The van der Waals surface area contributed by atoms with Crippen molar-refractivity contribution < 1.29 is 9.53 Å². The van der Waals surface area contributed by atoms with Crippen molar-refractivity contribution in [3.8, 4) is 5.75 Å². The smallest absolute Gasteiger partial charge is 0.130 e. The van der Waals surface area contributed by atoms with Crippen LogP contribution in [0, 0.1) is 0 Å². The van der Waals surface area contributed by atoms with Crippen molar-refractivity contribution in [2.24, 2.45) is 0 Å². The minimum atomic E-state index is 0.223. The Kier molecular flexibility index (Phi) is 5.30. The Labute approximate surface area is 119 Å². The highest BCUT2D eigenvalue weighted by Gasteiger charge is 1.99. The molecule has 2 rings (SSSR count). The van der Waals surface area contributed by atoms with E-state index in [1.807, 2.05) is 42.5 Å². The van der Waals surface area contributed by atoms with Gasteiger partial charge in [0, 0.05) is 24.7 Å². The first-order valence-corrected chi connectivity index (χ1v) is 6.85. The fourth-order valence-corrected chi connectivity index (χ4v) is 1.89. The van der Waals surface area contributed by atoms with Crippen molar-refractivity contribution in [1.82, 2.24) is 4.98 Å². The number of hydrogen-bond donors (Lipinski definition) is 0. The van der Waals surface area contributed by atoms with Crippen LogP contribution in [0.4, 0.5) is 0 Å². The molecule has 1 aromatic heterocycles. The number of rotatable bonds is 7. The van der Waals surface area contributed by atoms with Crippen LogP contribution in [-0.2, 0) is 17.6 Å². The maximum absolute atomic E-state index is 10.9. The number of carbonyl (C=O) groups excluding carboxylic acids is 1. The first-order chi connectivity index (χ1) is 9.74. The van der Waals surface area contributed by atoms with Crippen LogP contribution in [-0.4, -0.2) is 17.4 Å². The summed E-state index contributed by atoms with van der Waals surface area (Å²) in [5, 5.41) is 0. The van der Waals surface area contributed by atoms with Crippen LogP contribution in [0.25, 0.3) is 0 Å². The summed E-state index contributed by atoms with van der Waals surface area (Å²) in [5.74, 6) is 1.08. The number of pyridine rings is 1. The van der Waals surface area contributed by atoms with Crippen LogP contribution >= 0.6 is 0 Å². The third-order valence-corrected chi connectivity index (χ3v) is 3.04. The molecule has 104 valence electrons. The molecule has 0 aliphatic heterocycles. The van der Waals surface area contributed by atoms with E-state index in [0.29, 0.717) is 13.0 Å². The van der Waals surface area contributed by atoms with Crippen LogP contribution in [0.15, 0.2) is 48.7 Å². The van der Waals surface area contributed by atoms with Gasteiger partial charge in [-0.3, -0.25) is 4.98 Å². The first-order valence-electron chi connectivity index (χ1n) is 6.85. The molecule has 3 heteroatoms. The lowest BCUT2D eigenvalue weighted by atomic mass is 10.1. The predicted octanol–water partition coefficient (Wildman–Crippen LogP) is 3.22. The second-order valence-electron chi connectivity index (χ2n) is 4.77. The van der Waals surface area contributed by atoms with E-state index >= 15 is 0 Å². The number of Topliss-reactive ketones (excluding diaryl/α,β-unsaturated/α-hetero) is 1. The molecular formula is C17H19NO2. The Hall–Kier alpha value is -2.16. The van der Waals surface area contributed by atoms with Gasteiger partial charge in [-0.15, -0.1) is 0 Å². The van der Waals surface area contributed by atoms with Crippen molar-refractivity contribution in [3.05, 3.63) is 59.9 Å². The van der Waals surface area contributed by atoms with Gasteiger partial charge in [-0.05, 0) is 43.2 Å². The molecule has 0 spiro atoms. The molecule has 0 unspecified atom stereocenters. The van der Waals surface area contributed by atoms with Crippen molar-refractivity contribution in [3.63, 3.8) is 0 Å². The Bertz CT molecular complexity index is 535. The van der Waals surface area contributed by atoms with Gasteiger partial charge in [0.15, 0.2) is 0 Å². The number of ketones is 1. The number of hydrogen-bond acceptors (Lipinski definition) is 3. The van der Waals surface area contributed by atoms with Crippen LogP contribution in [0.5, 0.6) is 5.75 Å². The van der Waals surface area contributed by atoms with Gasteiger partial charge < -0.3 is 9.53 Å². The average molecular weight is 269 g/mol. The molecule has 0 radical (unpaired) electrons. The zero-order valence-electron chi connectivity index (χ0n) is 11.7. The molecule has 0 saturated heterocycles. The van der Waals surface area contributed by atoms with Crippen molar-refractivity contribution in [2.45, 2.75) is 26.2 Å². The molecule has 0 fully saturated rings. The molecule has 0 bridgehead atoms. The first kappa shape index (κ1) is 14.3. The standard InChI is InChI=1S/C17H19NO2/c1-14(19)5-6-15-7-9-17(10-8-15)20-13-11-16-4-2-3-12-18-16/h2-4,7-10,12H,5-6,11,13H2,1H3. The summed E-state index contributed by atoms with van der Waals surface area (Å²) in [7, 11) is 0. The highest BCUT2D eigenvalue weighted by molar-refractivity contribution is 5.75. The molecule has 0 atom stereocenters. The number of nitrogens with zero attached hydrogens (tertiary/aromatic N) is 1. The third kappa shape index (κ3) is 4.84. The summed E-state index contributed by atoms with van der Waals surface area (Å²) in [6.07, 6.45) is 3.98. The van der Waals surface area contributed by atoms with Crippen LogP contribution in [0.3, 0.4) is 0 Å². The molecule has 0 N–H and O–H groups in total. The topological polar surface area (TPSA) is 39.2 Å². The molecule has 2 aromatic rings. The van der Waals surface area contributed by atoms with E-state index < -0.39 is 0 Å². The summed E-state index contributed by atoms with van der Waals surface area (Å²) in [6, 6.07) is 13.8. The lowest BCUT2D eigenvalue weighted by molar-refractivity contribution is -0.116. The van der Waals surface area contributed by atoms with E-state index in [0.717, 1.165) is 29.8 Å². The van der Waals surface area contributed by atoms with E-state index in [2.05, 4.69) is 4.98 Å². The summed E-state index contributed by atoms with van der Waals surface area (Å²) in [4.78, 5) is 15.2. The minimum Gasteiger partial charge on any atom is -0.493 e. The predicted molar refractivity (Wildman–Crippen MR) is 78.9 cm³/mol.